The molecule has 0 atom stereocenters. The van der Waals surface area contributed by atoms with Crippen LogP contribution in [0.1, 0.15) is 17.0 Å². The van der Waals surface area contributed by atoms with Crippen molar-refractivity contribution in [3.63, 3.8) is 0 Å². The van der Waals surface area contributed by atoms with Crippen LogP contribution in [0.25, 0.3) is 0 Å². The molecule has 8 heteroatoms. The number of hydrogen-bond donors (Lipinski definition) is 2. The van der Waals surface area contributed by atoms with Gasteiger partial charge in [-0.1, -0.05) is 5.16 Å². The third kappa shape index (κ3) is 3.17. The maximum atomic E-state index is 12.3. The summed E-state index contributed by atoms with van der Waals surface area (Å²) in [6.45, 7) is 3.60. The first-order valence-electron chi connectivity index (χ1n) is 6.20. The molecule has 0 saturated carbocycles. The number of benzene rings is 1. The fourth-order valence-electron chi connectivity index (χ4n) is 1.86. The van der Waals surface area contributed by atoms with Gasteiger partial charge in [0.2, 0.25) is 10.0 Å². The van der Waals surface area contributed by atoms with Crippen LogP contribution in [0.2, 0.25) is 0 Å². The Labute approximate surface area is 123 Å². The summed E-state index contributed by atoms with van der Waals surface area (Å²) in [5.74, 6) is 0.903. The molecule has 7 nitrogen and oxygen atoms in total. The van der Waals surface area contributed by atoms with E-state index >= 15 is 0 Å². The first-order chi connectivity index (χ1) is 9.85. The van der Waals surface area contributed by atoms with Crippen LogP contribution in [0.5, 0.6) is 5.75 Å². The average molecular weight is 311 g/mol. The van der Waals surface area contributed by atoms with Crippen LogP contribution in [0, 0.1) is 13.8 Å². The van der Waals surface area contributed by atoms with Crippen LogP contribution in [-0.2, 0) is 16.6 Å². The van der Waals surface area contributed by atoms with Gasteiger partial charge in [0.05, 0.1) is 23.4 Å². The number of methoxy groups -OCH3 is 1. The van der Waals surface area contributed by atoms with E-state index in [1.807, 2.05) is 0 Å². The van der Waals surface area contributed by atoms with Crippen LogP contribution in [0.15, 0.2) is 27.6 Å². The summed E-state index contributed by atoms with van der Waals surface area (Å²) in [7, 11) is -2.24. The van der Waals surface area contributed by atoms with Crippen molar-refractivity contribution in [2.45, 2.75) is 25.3 Å². The number of nitrogen functional groups attached to an aromatic ring is 1. The lowest BCUT2D eigenvalue weighted by Crippen LogP contribution is -2.23. The van der Waals surface area contributed by atoms with Gasteiger partial charge in [0.25, 0.3) is 0 Å². The lowest BCUT2D eigenvalue weighted by Gasteiger charge is -2.09. The molecule has 0 unspecified atom stereocenters. The van der Waals surface area contributed by atoms with Gasteiger partial charge < -0.3 is 15.0 Å². The van der Waals surface area contributed by atoms with E-state index in [2.05, 4.69) is 9.88 Å². The molecule has 0 fully saturated rings. The maximum absolute atomic E-state index is 12.3. The van der Waals surface area contributed by atoms with Crippen LogP contribution >= 0.6 is 0 Å². The van der Waals surface area contributed by atoms with E-state index in [0.717, 1.165) is 5.56 Å². The van der Waals surface area contributed by atoms with E-state index in [1.165, 1.54) is 25.3 Å². The summed E-state index contributed by atoms with van der Waals surface area (Å²) < 4.78 is 37.1. The van der Waals surface area contributed by atoms with Crippen molar-refractivity contribution in [2.24, 2.45) is 0 Å². The lowest BCUT2D eigenvalue weighted by atomic mass is 10.2. The lowest BCUT2D eigenvalue weighted by molar-refractivity contribution is 0.392. The molecule has 0 aliphatic heterocycles. The molecular weight excluding hydrogens is 294 g/mol. The summed E-state index contributed by atoms with van der Waals surface area (Å²) in [5.41, 5.74) is 7.43. The SMILES string of the molecule is COc1cc(S(=O)(=O)NCc2c(C)noc2C)ccc1N. The first kappa shape index (κ1) is 15.3. The van der Waals surface area contributed by atoms with Crippen LogP contribution < -0.4 is 15.2 Å². The smallest absolute Gasteiger partial charge is 0.241 e. The van der Waals surface area contributed by atoms with E-state index in [4.69, 9.17) is 15.0 Å². The fraction of sp³-hybridized carbons (Fsp3) is 0.308. The van der Waals surface area contributed by atoms with Gasteiger partial charge >= 0.3 is 0 Å². The number of sulfonamides is 1. The average Bonchev–Trinajstić information content (AvgIpc) is 2.76. The van der Waals surface area contributed by atoms with Crippen LogP contribution in [0.3, 0.4) is 0 Å². The van der Waals surface area contributed by atoms with Crippen molar-refractivity contribution < 1.29 is 17.7 Å². The zero-order valence-electron chi connectivity index (χ0n) is 12.0. The van der Waals surface area contributed by atoms with Crippen molar-refractivity contribution in [3.8, 4) is 5.75 Å². The highest BCUT2D eigenvalue weighted by molar-refractivity contribution is 7.89. The fourth-order valence-corrected chi connectivity index (χ4v) is 2.87. The molecule has 0 spiro atoms. The molecule has 0 radical (unpaired) electrons. The molecule has 1 aromatic carbocycles. The van der Waals surface area contributed by atoms with Gasteiger partial charge in [0, 0.05) is 18.2 Å². The highest BCUT2D eigenvalue weighted by Gasteiger charge is 2.18. The van der Waals surface area contributed by atoms with E-state index in [9.17, 15) is 8.42 Å². The second-order valence-corrected chi connectivity index (χ2v) is 6.30. The highest BCUT2D eigenvalue weighted by Crippen LogP contribution is 2.24. The number of hydrogen-bond acceptors (Lipinski definition) is 6. The zero-order valence-corrected chi connectivity index (χ0v) is 12.8. The van der Waals surface area contributed by atoms with E-state index in [1.54, 1.807) is 13.8 Å². The predicted molar refractivity (Wildman–Crippen MR) is 77.4 cm³/mol. The largest absolute Gasteiger partial charge is 0.495 e. The van der Waals surface area contributed by atoms with Crippen molar-refractivity contribution in [2.75, 3.05) is 12.8 Å². The Morgan fingerprint density at radius 3 is 2.67 bits per heavy atom. The number of nitrogens with two attached hydrogens (primary N) is 1. The zero-order chi connectivity index (χ0) is 15.6. The molecule has 1 heterocycles. The molecule has 21 heavy (non-hydrogen) atoms. The van der Waals surface area contributed by atoms with E-state index in [0.29, 0.717) is 22.9 Å². The summed E-state index contributed by atoms with van der Waals surface area (Å²) in [6.07, 6.45) is 0. The Balaban J connectivity index is 2.23. The molecule has 0 aliphatic rings. The normalized spacial score (nSPS) is 11.6. The molecule has 2 aromatic rings. The van der Waals surface area contributed by atoms with Gasteiger partial charge in [-0.3, -0.25) is 0 Å². The number of anilines is 1. The topological polar surface area (TPSA) is 107 Å². The maximum Gasteiger partial charge on any atom is 0.241 e. The van der Waals surface area contributed by atoms with Crippen molar-refractivity contribution in [1.82, 2.24) is 9.88 Å². The Bertz CT molecular complexity index is 733. The van der Waals surface area contributed by atoms with Gasteiger partial charge in [-0.25, -0.2) is 13.1 Å². The standard InChI is InChI=1S/C13H17N3O4S/c1-8-11(9(2)20-16-8)7-15-21(17,18)10-4-5-12(14)13(6-10)19-3/h4-6,15H,7,14H2,1-3H3. The van der Waals surface area contributed by atoms with Crippen LogP contribution in [-0.4, -0.2) is 20.7 Å². The predicted octanol–water partition coefficient (Wildman–Crippen LogP) is 1.36. The number of aryl methyl sites for hydroxylation is 2. The number of nitrogens with one attached hydrogen (secondary N) is 1. The Morgan fingerprint density at radius 1 is 1.38 bits per heavy atom. The molecule has 3 N–H and O–H groups in total. The number of rotatable bonds is 5. The van der Waals surface area contributed by atoms with Gasteiger partial charge in [0.1, 0.15) is 11.5 Å². The molecule has 2 rings (SSSR count). The summed E-state index contributed by atoms with van der Waals surface area (Å²) in [4.78, 5) is 0.0836. The first-order valence-corrected chi connectivity index (χ1v) is 7.68. The third-order valence-electron chi connectivity index (χ3n) is 3.14. The summed E-state index contributed by atoms with van der Waals surface area (Å²) >= 11 is 0. The minimum Gasteiger partial charge on any atom is -0.495 e. The summed E-state index contributed by atoms with van der Waals surface area (Å²) in [6, 6.07) is 4.29. The second-order valence-electron chi connectivity index (χ2n) is 4.53. The highest BCUT2D eigenvalue weighted by atomic mass is 32.2. The third-order valence-corrected chi connectivity index (χ3v) is 4.53. The van der Waals surface area contributed by atoms with Crippen molar-refractivity contribution in [3.05, 3.63) is 35.2 Å². The summed E-state index contributed by atoms with van der Waals surface area (Å²) in [5, 5.41) is 3.78. The molecule has 1 aromatic heterocycles. The van der Waals surface area contributed by atoms with Crippen LogP contribution in [0.4, 0.5) is 5.69 Å². The van der Waals surface area contributed by atoms with Gasteiger partial charge in [0.15, 0.2) is 0 Å². The molecule has 114 valence electrons. The molecular formula is C13H17N3O4S. The molecule has 0 amide bonds. The number of nitrogens with zero attached hydrogens (tertiary/aromatic N) is 1. The minimum absolute atomic E-state index is 0.0836. The quantitative estimate of drug-likeness (QED) is 0.807. The van der Waals surface area contributed by atoms with E-state index in [-0.39, 0.29) is 11.4 Å². The van der Waals surface area contributed by atoms with Crippen molar-refractivity contribution >= 4 is 15.7 Å². The number of ether oxygens (including phenoxy) is 1. The Hall–Kier alpha value is -2.06. The van der Waals surface area contributed by atoms with Gasteiger partial charge in [-0.2, -0.15) is 0 Å². The molecule has 0 aliphatic carbocycles. The molecule has 0 saturated heterocycles. The second kappa shape index (κ2) is 5.74. The van der Waals surface area contributed by atoms with Gasteiger partial charge in [-0.15, -0.1) is 0 Å². The van der Waals surface area contributed by atoms with Crippen molar-refractivity contribution in [1.29, 1.82) is 0 Å². The number of aromatic nitrogens is 1. The van der Waals surface area contributed by atoms with Gasteiger partial charge in [-0.05, 0) is 26.0 Å². The monoisotopic (exact) mass is 311 g/mol. The minimum atomic E-state index is -3.67. The molecule has 0 bridgehead atoms. The Morgan fingerprint density at radius 2 is 2.10 bits per heavy atom. The van der Waals surface area contributed by atoms with E-state index < -0.39 is 10.0 Å². The Kier molecular flexibility index (Phi) is 4.19.